The first kappa shape index (κ1) is 41.6. The van der Waals surface area contributed by atoms with Gasteiger partial charge in [-0.05, 0) is 181 Å². The van der Waals surface area contributed by atoms with E-state index >= 15 is 0 Å². The lowest BCUT2D eigenvalue weighted by Crippen LogP contribution is -2.60. The van der Waals surface area contributed by atoms with Crippen molar-refractivity contribution in [1.29, 1.82) is 0 Å². The first-order valence-corrected chi connectivity index (χ1v) is 24.9. The van der Waals surface area contributed by atoms with Crippen LogP contribution in [0.1, 0.15) is 140 Å². The topological polar surface area (TPSA) is 6.48 Å². The number of nitrogens with zero attached hydrogens (tertiary/aromatic N) is 2. The van der Waals surface area contributed by atoms with E-state index in [0.717, 1.165) is 12.8 Å². The largest absolute Gasteiger partial charge is 0.311 e. The Morgan fingerprint density at radius 3 is 1.50 bits per heavy atom. The molecule has 0 fully saturated rings. The molecule has 0 unspecified atom stereocenters. The van der Waals surface area contributed by atoms with Crippen molar-refractivity contribution in [3.63, 3.8) is 0 Å². The summed E-state index contributed by atoms with van der Waals surface area (Å²) in [6.07, 6.45) is 7.20. The van der Waals surface area contributed by atoms with Gasteiger partial charge in [0.05, 0.1) is 5.69 Å². The fraction of sp³-hybridized carbons (Fsp3) is 0.367. The zero-order chi connectivity index (χ0) is 44.8. The first-order valence-electron chi connectivity index (χ1n) is 24.1. The van der Waals surface area contributed by atoms with Crippen molar-refractivity contribution in [3.8, 4) is 11.1 Å². The lowest BCUT2D eigenvalue weighted by Gasteiger charge is -2.44. The van der Waals surface area contributed by atoms with Crippen LogP contribution in [-0.4, -0.2) is 6.71 Å². The summed E-state index contributed by atoms with van der Waals surface area (Å²) < 4.78 is 2.80. The van der Waals surface area contributed by atoms with Crippen LogP contribution in [0.4, 0.5) is 34.1 Å². The highest BCUT2D eigenvalue weighted by Gasteiger charge is 2.46. The van der Waals surface area contributed by atoms with Crippen LogP contribution < -0.4 is 25.5 Å². The summed E-state index contributed by atoms with van der Waals surface area (Å²) in [6, 6.07) is 41.8. The summed E-state index contributed by atoms with van der Waals surface area (Å²) in [6.45, 7) is 28.2. The summed E-state index contributed by atoms with van der Waals surface area (Å²) in [7, 11) is 0. The Bertz CT molecular complexity index is 3000. The Kier molecular flexibility index (Phi) is 9.25. The zero-order valence-electron chi connectivity index (χ0n) is 40.4. The summed E-state index contributed by atoms with van der Waals surface area (Å²) in [5, 5.41) is 1.36. The second-order valence-electron chi connectivity index (χ2n) is 23.7. The number of hydrogen-bond donors (Lipinski definition) is 0. The minimum Gasteiger partial charge on any atom is -0.311 e. The van der Waals surface area contributed by atoms with Crippen molar-refractivity contribution in [2.24, 2.45) is 0 Å². The molecule has 4 aliphatic rings. The molecule has 64 heavy (non-hydrogen) atoms. The number of thiophene rings is 1. The molecule has 0 radical (unpaired) electrons. The third-order valence-corrected chi connectivity index (χ3v) is 16.4. The van der Waals surface area contributed by atoms with Crippen molar-refractivity contribution < 1.29 is 0 Å². The molecule has 0 saturated carbocycles. The van der Waals surface area contributed by atoms with E-state index in [1.165, 1.54) is 119 Å². The van der Waals surface area contributed by atoms with Gasteiger partial charge < -0.3 is 9.80 Å². The molecule has 0 atom stereocenters. The van der Waals surface area contributed by atoms with Gasteiger partial charge >= 0.3 is 0 Å². The number of aryl methyl sites for hydroxylation is 2. The molecule has 4 heteroatoms. The Hall–Kier alpha value is -5.06. The average molecular weight is 857 g/mol. The highest BCUT2D eigenvalue weighted by molar-refractivity contribution is 7.33. The van der Waals surface area contributed by atoms with Gasteiger partial charge in [-0.15, -0.1) is 11.3 Å². The van der Waals surface area contributed by atoms with E-state index in [1.807, 2.05) is 11.3 Å². The van der Waals surface area contributed by atoms with Crippen LogP contribution in [0, 0.1) is 0 Å². The molecule has 0 saturated heterocycles. The van der Waals surface area contributed by atoms with Gasteiger partial charge in [-0.2, -0.15) is 0 Å². The normalized spacial score (nSPS) is 15.7. The predicted octanol–water partition coefficient (Wildman–Crippen LogP) is 14.8. The standard InChI is InChI=1S/C60H65BN2S/c1-57(2,3)39-19-25-43(26-20-39)62-49-29-23-42(60(10,11)12)35-48(49)61-54-50(62)32-38(53-45-17-13-15-36(45)31-37-16-14-18-46(37)53)33-51(54)63(44-27-21-40(22-28-44)58(4,5)6)55-47-34-41(59(7,8)9)24-30-52(47)64-56(55)61/h19-35H,13-18H2,1-12H3. The van der Waals surface area contributed by atoms with E-state index in [2.05, 4.69) is 196 Å². The zero-order valence-corrected chi connectivity index (χ0v) is 41.3. The van der Waals surface area contributed by atoms with Crippen LogP contribution in [0.15, 0.2) is 103 Å². The van der Waals surface area contributed by atoms with Gasteiger partial charge in [-0.1, -0.05) is 132 Å². The summed E-state index contributed by atoms with van der Waals surface area (Å²) in [5.74, 6) is 0. The molecule has 3 heterocycles. The molecule has 324 valence electrons. The molecule has 2 aliphatic carbocycles. The van der Waals surface area contributed by atoms with Gasteiger partial charge in [0.25, 0.3) is 6.71 Å². The van der Waals surface area contributed by atoms with Crippen LogP contribution >= 0.6 is 11.3 Å². The summed E-state index contributed by atoms with van der Waals surface area (Å²) in [4.78, 5) is 5.35. The third kappa shape index (κ3) is 6.55. The molecule has 0 bridgehead atoms. The quantitative estimate of drug-likeness (QED) is 0.163. The predicted molar refractivity (Wildman–Crippen MR) is 280 cm³/mol. The molecular weight excluding hydrogens is 792 g/mol. The lowest BCUT2D eigenvalue weighted by atomic mass is 9.36. The second-order valence-corrected chi connectivity index (χ2v) is 24.7. The number of rotatable bonds is 3. The molecule has 2 aliphatic heterocycles. The first-order chi connectivity index (χ1) is 30.3. The summed E-state index contributed by atoms with van der Waals surface area (Å²) in [5.41, 5.74) is 25.4. The minimum absolute atomic E-state index is 0.00461. The van der Waals surface area contributed by atoms with Gasteiger partial charge in [-0.3, -0.25) is 0 Å². The Labute approximate surface area is 387 Å². The number of benzene rings is 6. The summed E-state index contributed by atoms with van der Waals surface area (Å²) >= 11 is 2.02. The third-order valence-electron chi connectivity index (χ3n) is 15.1. The van der Waals surface area contributed by atoms with Crippen LogP contribution in [0.2, 0.25) is 0 Å². The van der Waals surface area contributed by atoms with Crippen LogP contribution in [-0.2, 0) is 47.3 Å². The average Bonchev–Trinajstić information content (AvgIpc) is 4.00. The van der Waals surface area contributed by atoms with E-state index in [0.29, 0.717) is 0 Å². The SMILES string of the molecule is CC(C)(C)c1ccc(N2c3ccc(C(C)(C)C)cc3B3c4sc5ccc(C(C)(C)C)cc5c4N(c4ccc(C(C)(C)C)cc4)c4cc(-c5c6c(cc7c5CCC7)CCC6)cc2c43)cc1. The highest BCUT2D eigenvalue weighted by atomic mass is 32.1. The molecule has 1 aromatic heterocycles. The van der Waals surface area contributed by atoms with Crippen molar-refractivity contribution in [2.75, 3.05) is 9.80 Å². The molecular formula is C60H65BN2S. The molecule has 11 rings (SSSR count). The molecule has 7 aromatic rings. The van der Waals surface area contributed by atoms with Gasteiger partial charge in [0.2, 0.25) is 0 Å². The van der Waals surface area contributed by atoms with Gasteiger partial charge in [0.15, 0.2) is 0 Å². The minimum atomic E-state index is -0.00461. The van der Waals surface area contributed by atoms with Crippen molar-refractivity contribution in [1.82, 2.24) is 0 Å². The maximum Gasteiger partial charge on any atom is 0.264 e. The van der Waals surface area contributed by atoms with E-state index in [-0.39, 0.29) is 28.4 Å². The van der Waals surface area contributed by atoms with Crippen LogP contribution in [0.5, 0.6) is 0 Å². The van der Waals surface area contributed by atoms with E-state index in [4.69, 9.17) is 0 Å². The molecule has 0 spiro atoms. The smallest absolute Gasteiger partial charge is 0.264 e. The van der Waals surface area contributed by atoms with Crippen LogP contribution in [0.3, 0.4) is 0 Å². The van der Waals surface area contributed by atoms with E-state index in [9.17, 15) is 0 Å². The number of hydrogen-bond acceptors (Lipinski definition) is 3. The van der Waals surface area contributed by atoms with Crippen molar-refractivity contribution in [2.45, 2.75) is 143 Å². The maximum absolute atomic E-state index is 2.70. The molecule has 2 nitrogen and oxygen atoms in total. The lowest BCUT2D eigenvalue weighted by molar-refractivity contribution is 0.590. The van der Waals surface area contributed by atoms with E-state index < -0.39 is 0 Å². The maximum atomic E-state index is 2.70. The Morgan fingerprint density at radius 1 is 0.469 bits per heavy atom. The number of fused-ring (bicyclic) bond motifs is 8. The van der Waals surface area contributed by atoms with Gasteiger partial charge in [-0.25, -0.2) is 0 Å². The van der Waals surface area contributed by atoms with Crippen molar-refractivity contribution in [3.05, 3.63) is 148 Å². The van der Waals surface area contributed by atoms with Gasteiger partial charge in [0, 0.05) is 43.3 Å². The van der Waals surface area contributed by atoms with Crippen molar-refractivity contribution >= 4 is 78.0 Å². The highest BCUT2D eigenvalue weighted by Crippen LogP contribution is 2.52. The fourth-order valence-corrected chi connectivity index (χ4v) is 12.8. The molecule has 0 amide bonds. The number of anilines is 6. The fourth-order valence-electron chi connectivity index (χ4n) is 11.5. The molecule has 6 aromatic carbocycles. The van der Waals surface area contributed by atoms with Crippen LogP contribution in [0.25, 0.3) is 21.2 Å². The monoisotopic (exact) mass is 856 g/mol. The van der Waals surface area contributed by atoms with E-state index in [1.54, 1.807) is 22.3 Å². The second kappa shape index (κ2) is 14.2. The molecule has 0 N–H and O–H groups in total. The van der Waals surface area contributed by atoms with Gasteiger partial charge in [0.1, 0.15) is 0 Å². The Balaban J connectivity index is 1.29. The Morgan fingerprint density at radius 2 is 0.953 bits per heavy atom.